The first-order valence-electron chi connectivity index (χ1n) is 9.80. The summed E-state index contributed by atoms with van der Waals surface area (Å²) in [4.78, 5) is 17.0. The number of rotatable bonds is 4. The van der Waals surface area contributed by atoms with Gasteiger partial charge in [-0.05, 0) is 60.2 Å². The van der Waals surface area contributed by atoms with Gasteiger partial charge in [0.1, 0.15) is 5.82 Å². The summed E-state index contributed by atoms with van der Waals surface area (Å²) >= 11 is 0. The van der Waals surface area contributed by atoms with Crippen molar-refractivity contribution in [2.24, 2.45) is 0 Å². The third-order valence-electron chi connectivity index (χ3n) is 5.26. The number of likely N-dealkylation sites (N-methyl/N-ethyl adjacent to an activating group) is 1. The molecule has 1 aliphatic rings. The number of carbonyl (C=O) groups excluding carboxylic acids is 1. The number of anilines is 2. The maximum absolute atomic E-state index is 13.1. The smallest absolute Gasteiger partial charge is 0.261 e. The molecular weight excluding hydrogens is 417 g/mol. The number of halogens is 1. The number of sulfonamides is 1. The fourth-order valence-corrected chi connectivity index (χ4v) is 4.62. The van der Waals surface area contributed by atoms with Crippen molar-refractivity contribution >= 4 is 27.3 Å². The predicted octanol–water partition coefficient (Wildman–Crippen LogP) is 3.72. The van der Waals surface area contributed by atoms with Crippen LogP contribution in [0.4, 0.5) is 15.8 Å². The van der Waals surface area contributed by atoms with Crippen molar-refractivity contribution in [3.05, 3.63) is 89.7 Å². The summed E-state index contributed by atoms with van der Waals surface area (Å²) in [5, 5.41) is 0. The zero-order valence-corrected chi connectivity index (χ0v) is 17.8. The van der Waals surface area contributed by atoms with Crippen molar-refractivity contribution in [3.63, 3.8) is 0 Å². The van der Waals surface area contributed by atoms with Crippen LogP contribution >= 0.6 is 0 Å². The summed E-state index contributed by atoms with van der Waals surface area (Å²) in [7, 11) is -1.85. The van der Waals surface area contributed by atoms with E-state index < -0.39 is 15.8 Å². The van der Waals surface area contributed by atoms with Crippen molar-refractivity contribution in [2.75, 3.05) is 29.8 Å². The highest BCUT2D eigenvalue weighted by Gasteiger charge is 2.23. The van der Waals surface area contributed by atoms with Crippen LogP contribution in [0.2, 0.25) is 0 Å². The number of benzene rings is 3. The standard InChI is InChI=1S/C23H22FN3O3S/c1-26-14-15-27(16-18-4-2-3-5-22(18)26)23(28)17-6-12-21(13-7-17)31(29,30)25-20-10-8-19(24)9-11-20/h2-13,25H,14-16H2,1H3. The molecule has 0 bridgehead atoms. The van der Waals surface area contributed by atoms with E-state index in [1.807, 2.05) is 31.3 Å². The Bertz CT molecular complexity index is 1200. The molecule has 0 aliphatic carbocycles. The van der Waals surface area contributed by atoms with Crippen LogP contribution in [0.5, 0.6) is 0 Å². The summed E-state index contributed by atoms with van der Waals surface area (Å²) < 4.78 is 40.6. The Morgan fingerprint density at radius 2 is 1.61 bits per heavy atom. The van der Waals surface area contributed by atoms with E-state index in [2.05, 4.69) is 9.62 Å². The fraction of sp³-hybridized carbons (Fsp3) is 0.174. The highest BCUT2D eigenvalue weighted by atomic mass is 32.2. The maximum Gasteiger partial charge on any atom is 0.261 e. The van der Waals surface area contributed by atoms with E-state index in [0.29, 0.717) is 25.2 Å². The van der Waals surface area contributed by atoms with Gasteiger partial charge in [-0.1, -0.05) is 18.2 Å². The zero-order chi connectivity index (χ0) is 22.0. The Morgan fingerprint density at radius 3 is 2.32 bits per heavy atom. The van der Waals surface area contributed by atoms with Gasteiger partial charge < -0.3 is 9.80 Å². The highest BCUT2D eigenvalue weighted by molar-refractivity contribution is 7.92. The van der Waals surface area contributed by atoms with E-state index in [4.69, 9.17) is 0 Å². The quantitative estimate of drug-likeness (QED) is 0.673. The molecule has 1 N–H and O–H groups in total. The molecule has 1 amide bonds. The molecular formula is C23H22FN3O3S. The number of amides is 1. The van der Waals surface area contributed by atoms with Gasteiger partial charge in [-0.25, -0.2) is 12.8 Å². The molecule has 8 heteroatoms. The van der Waals surface area contributed by atoms with Gasteiger partial charge in [0, 0.05) is 43.6 Å². The first kappa shape index (κ1) is 20.9. The third kappa shape index (κ3) is 4.54. The number of para-hydroxylation sites is 1. The van der Waals surface area contributed by atoms with Gasteiger partial charge in [-0.15, -0.1) is 0 Å². The Labute approximate surface area is 181 Å². The number of hydrogen-bond acceptors (Lipinski definition) is 4. The number of fused-ring (bicyclic) bond motifs is 1. The van der Waals surface area contributed by atoms with Crippen molar-refractivity contribution < 1.29 is 17.6 Å². The van der Waals surface area contributed by atoms with Crippen molar-refractivity contribution in [1.29, 1.82) is 0 Å². The topological polar surface area (TPSA) is 69.7 Å². The minimum absolute atomic E-state index is 0.0225. The van der Waals surface area contributed by atoms with Crippen molar-refractivity contribution in [2.45, 2.75) is 11.4 Å². The zero-order valence-electron chi connectivity index (χ0n) is 17.0. The molecule has 0 unspecified atom stereocenters. The molecule has 3 aromatic carbocycles. The average Bonchev–Trinajstić information content (AvgIpc) is 2.94. The average molecular weight is 440 g/mol. The fourth-order valence-electron chi connectivity index (χ4n) is 3.56. The van der Waals surface area contributed by atoms with E-state index in [1.54, 1.807) is 4.90 Å². The number of nitrogens with zero attached hydrogens (tertiary/aromatic N) is 2. The second-order valence-electron chi connectivity index (χ2n) is 7.41. The van der Waals surface area contributed by atoms with Gasteiger partial charge >= 0.3 is 0 Å². The molecule has 3 aromatic rings. The summed E-state index contributed by atoms with van der Waals surface area (Å²) in [6, 6.07) is 18.9. The van der Waals surface area contributed by atoms with Crippen molar-refractivity contribution in [3.8, 4) is 0 Å². The van der Waals surface area contributed by atoms with Gasteiger partial charge in [0.15, 0.2) is 0 Å². The van der Waals surface area contributed by atoms with E-state index in [0.717, 1.165) is 11.3 Å². The Morgan fingerprint density at radius 1 is 0.935 bits per heavy atom. The maximum atomic E-state index is 13.1. The van der Waals surface area contributed by atoms with Crippen LogP contribution in [0.25, 0.3) is 0 Å². The van der Waals surface area contributed by atoms with E-state index in [9.17, 15) is 17.6 Å². The second kappa shape index (κ2) is 8.39. The second-order valence-corrected chi connectivity index (χ2v) is 9.10. The van der Waals surface area contributed by atoms with Crippen LogP contribution in [-0.2, 0) is 16.6 Å². The van der Waals surface area contributed by atoms with Crippen LogP contribution in [0, 0.1) is 5.82 Å². The summed E-state index contributed by atoms with van der Waals surface area (Å²) in [6.45, 7) is 1.76. The first-order chi connectivity index (χ1) is 14.8. The molecule has 0 spiro atoms. The number of nitrogens with one attached hydrogen (secondary N) is 1. The number of hydrogen-bond donors (Lipinski definition) is 1. The normalized spacial score (nSPS) is 14.0. The lowest BCUT2D eigenvalue weighted by Crippen LogP contribution is -2.34. The van der Waals surface area contributed by atoms with Crippen LogP contribution < -0.4 is 9.62 Å². The minimum Gasteiger partial charge on any atom is -0.373 e. The molecule has 1 heterocycles. The van der Waals surface area contributed by atoms with Crippen LogP contribution in [0.1, 0.15) is 15.9 Å². The van der Waals surface area contributed by atoms with Gasteiger partial charge in [0.05, 0.1) is 4.90 Å². The molecule has 0 aromatic heterocycles. The van der Waals surface area contributed by atoms with E-state index >= 15 is 0 Å². The molecule has 0 saturated heterocycles. The third-order valence-corrected chi connectivity index (χ3v) is 6.66. The summed E-state index contributed by atoms with van der Waals surface area (Å²) in [6.07, 6.45) is 0. The molecule has 0 saturated carbocycles. The molecule has 0 radical (unpaired) electrons. The van der Waals surface area contributed by atoms with Gasteiger partial charge in [0.25, 0.3) is 15.9 Å². The summed E-state index contributed by atoms with van der Waals surface area (Å²) in [5.41, 5.74) is 2.85. The SMILES string of the molecule is CN1CCN(C(=O)c2ccc(S(=O)(=O)Nc3ccc(F)cc3)cc2)Cc2ccccc21. The van der Waals surface area contributed by atoms with Crippen LogP contribution in [0.15, 0.2) is 77.7 Å². The lowest BCUT2D eigenvalue weighted by atomic mass is 10.1. The lowest BCUT2D eigenvalue weighted by molar-refractivity contribution is 0.0751. The lowest BCUT2D eigenvalue weighted by Gasteiger charge is -2.21. The van der Waals surface area contributed by atoms with E-state index in [1.165, 1.54) is 48.5 Å². The number of carbonyl (C=O) groups is 1. The molecule has 0 atom stereocenters. The van der Waals surface area contributed by atoms with Gasteiger partial charge in [0.2, 0.25) is 0 Å². The van der Waals surface area contributed by atoms with E-state index in [-0.39, 0.29) is 16.5 Å². The molecule has 0 fully saturated rings. The van der Waals surface area contributed by atoms with Crippen molar-refractivity contribution in [1.82, 2.24) is 4.90 Å². The largest absolute Gasteiger partial charge is 0.373 e. The van der Waals surface area contributed by atoms with Gasteiger partial charge in [-0.3, -0.25) is 9.52 Å². The van der Waals surface area contributed by atoms with Crippen LogP contribution in [0.3, 0.4) is 0 Å². The highest BCUT2D eigenvalue weighted by Crippen LogP contribution is 2.25. The Balaban J connectivity index is 1.51. The molecule has 6 nitrogen and oxygen atoms in total. The monoisotopic (exact) mass is 439 g/mol. The van der Waals surface area contributed by atoms with Gasteiger partial charge in [-0.2, -0.15) is 0 Å². The Hall–Kier alpha value is -3.39. The molecule has 1 aliphatic heterocycles. The first-order valence-corrected chi connectivity index (χ1v) is 11.3. The predicted molar refractivity (Wildman–Crippen MR) is 118 cm³/mol. The molecule has 160 valence electrons. The minimum atomic E-state index is -3.85. The molecule has 31 heavy (non-hydrogen) atoms. The Kier molecular flexibility index (Phi) is 5.65. The summed E-state index contributed by atoms with van der Waals surface area (Å²) in [5.74, 6) is -0.603. The van der Waals surface area contributed by atoms with Crippen LogP contribution in [-0.4, -0.2) is 39.4 Å². The molecule has 4 rings (SSSR count).